The molecule has 2 heterocycles. The summed E-state index contributed by atoms with van der Waals surface area (Å²) in [7, 11) is 0. The van der Waals surface area contributed by atoms with E-state index in [0.29, 0.717) is 18.2 Å². The number of aryl methyl sites for hydroxylation is 2. The quantitative estimate of drug-likeness (QED) is 0.928. The number of carbonyl (C=O) groups excluding carboxylic acids is 1. The average molecular weight is 338 g/mol. The van der Waals surface area contributed by atoms with E-state index in [1.54, 1.807) is 6.07 Å². The molecule has 0 saturated carbocycles. The summed E-state index contributed by atoms with van der Waals surface area (Å²) in [6.07, 6.45) is 4.83. The van der Waals surface area contributed by atoms with Gasteiger partial charge in [0, 0.05) is 25.3 Å². The van der Waals surface area contributed by atoms with Crippen molar-refractivity contribution in [1.29, 1.82) is 0 Å². The van der Waals surface area contributed by atoms with Gasteiger partial charge in [-0.2, -0.15) is 0 Å². The average Bonchev–Trinajstić information content (AvgIpc) is 2.88. The molecule has 1 N–H and O–H groups in total. The van der Waals surface area contributed by atoms with Crippen LogP contribution in [0.3, 0.4) is 0 Å². The Bertz CT molecular complexity index is 736. The minimum absolute atomic E-state index is 0.150. The third kappa shape index (κ3) is 4.78. The van der Waals surface area contributed by atoms with E-state index in [1.165, 1.54) is 18.4 Å². The predicted molar refractivity (Wildman–Crippen MR) is 99.8 cm³/mol. The summed E-state index contributed by atoms with van der Waals surface area (Å²) in [6.45, 7) is 6.40. The molecule has 2 aromatic rings. The molecule has 0 unspecified atom stereocenters. The summed E-state index contributed by atoms with van der Waals surface area (Å²) in [5.41, 5.74) is 3.55. The van der Waals surface area contributed by atoms with E-state index in [-0.39, 0.29) is 5.91 Å². The lowest BCUT2D eigenvalue weighted by Crippen LogP contribution is -2.29. The highest BCUT2D eigenvalue weighted by Gasteiger charge is 2.16. The molecule has 132 valence electrons. The molecule has 1 aliphatic heterocycles. The van der Waals surface area contributed by atoms with Crippen molar-refractivity contribution >= 4 is 11.9 Å². The molecule has 5 nitrogen and oxygen atoms in total. The summed E-state index contributed by atoms with van der Waals surface area (Å²) < 4.78 is 0. The highest BCUT2D eigenvalue weighted by molar-refractivity contribution is 5.92. The van der Waals surface area contributed by atoms with Gasteiger partial charge in [-0.25, -0.2) is 9.97 Å². The minimum atomic E-state index is -0.150. The second-order valence-corrected chi connectivity index (χ2v) is 6.77. The van der Waals surface area contributed by atoms with Crippen LogP contribution in [0.1, 0.15) is 53.0 Å². The largest absolute Gasteiger partial charge is 0.347 e. The zero-order chi connectivity index (χ0) is 17.6. The number of benzene rings is 1. The molecule has 3 rings (SSSR count). The maximum absolute atomic E-state index is 12.5. The normalized spacial score (nSPS) is 14.9. The molecule has 0 spiro atoms. The van der Waals surface area contributed by atoms with Crippen molar-refractivity contribution in [2.75, 3.05) is 18.0 Å². The van der Waals surface area contributed by atoms with Gasteiger partial charge in [0.15, 0.2) is 0 Å². The molecule has 1 saturated heterocycles. The van der Waals surface area contributed by atoms with Crippen LogP contribution in [0.5, 0.6) is 0 Å². The van der Waals surface area contributed by atoms with Crippen LogP contribution in [0.15, 0.2) is 30.3 Å². The van der Waals surface area contributed by atoms with Gasteiger partial charge >= 0.3 is 0 Å². The van der Waals surface area contributed by atoms with Gasteiger partial charge in [-0.15, -0.1) is 0 Å². The Kier molecular flexibility index (Phi) is 5.64. The Balaban J connectivity index is 1.71. The van der Waals surface area contributed by atoms with E-state index in [9.17, 15) is 4.79 Å². The molecule has 1 aromatic heterocycles. The Hall–Kier alpha value is -2.43. The fourth-order valence-electron chi connectivity index (χ4n) is 3.18. The molecule has 0 radical (unpaired) electrons. The van der Waals surface area contributed by atoms with Crippen LogP contribution in [0.2, 0.25) is 0 Å². The minimum Gasteiger partial charge on any atom is -0.347 e. The molecule has 0 atom stereocenters. The van der Waals surface area contributed by atoms with E-state index >= 15 is 0 Å². The van der Waals surface area contributed by atoms with Gasteiger partial charge in [-0.1, -0.05) is 42.7 Å². The van der Waals surface area contributed by atoms with E-state index in [4.69, 9.17) is 0 Å². The van der Waals surface area contributed by atoms with Crippen molar-refractivity contribution in [2.45, 2.75) is 46.1 Å². The topological polar surface area (TPSA) is 58.1 Å². The monoisotopic (exact) mass is 338 g/mol. The van der Waals surface area contributed by atoms with Gasteiger partial charge in [-0.3, -0.25) is 4.79 Å². The molecule has 5 heteroatoms. The summed E-state index contributed by atoms with van der Waals surface area (Å²) in [4.78, 5) is 23.8. The Labute approximate surface area is 149 Å². The van der Waals surface area contributed by atoms with Crippen LogP contribution < -0.4 is 10.2 Å². The lowest BCUT2D eigenvalue weighted by atomic mass is 10.1. The summed E-state index contributed by atoms with van der Waals surface area (Å²) in [6, 6.07) is 9.90. The number of carbonyl (C=O) groups is 1. The third-order valence-corrected chi connectivity index (χ3v) is 4.50. The van der Waals surface area contributed by atoms with Crippen LogP contribution in [0, 0.1) is 13.8 Å². The van der Waals surface area contributed by atoms with Crippen molar-refractivity contribution in [3.8, 4) is 0 Å². The van der Waals surface area contributed by atoms with E-state index < -0.39 is 0 Å². The molecular weight excluding hydrogens is 312 g/mol. The van der Waals surface area contributed by atoms with Gasteiger partial charge in [-0.05, 0) is 38.3 Å². The molecule has 1 aliphatic rings. The number of rotatable bonds is 4. The van der Waals surface area contributed by atoms with Crippen LogP contribution in [0.25, 0.3) is 0 Å². The number of hydrogen-bond acceptors (Lipinski definition) is 4. The highest BCUT2D eigenvalue weighted by Crippen LogP contribution is 2.16. The Morgan fingerprint density at radius 3 is 2.56 bits per heavy atom. The van der Waals surface area contributed by atoms with Crippen molar-refractivity contribution in [1.82, 2.24) is 15.3 Å². The first-order valence-electron chi connectivity index (χ1n) is 9.06. The van der Waals surface area contributed by atoms with Gasteiger partial charge in [0.2, 0.25) is 5.95 Å². The Morgan fingerprint density at radius 1 is 1.08 bits per heavy atom. The molecule has 0 aliphatic carbocycles. The number of hydrogen-bond donors (Lipinski definition) is 1. The molecule has 0 bridgehead atoms. The van der Waals surface area contributed by atoms with E-state index in [2.05, 4.69) is 26.3 Å². The van der Waals surface area contributed by atoms with Crippen LogP contribution >= 0.6 is 0 Å². The zero-order valence-electron chi connectivity index (χ0n) is 15.1. The van der Waals surface area contributed by atoms with Gasteiger partial charge < -0.3 is 10.2 Å². The number of nitrogens with one attached hydrogen (secondary N) is 1. The first kappa shape index (κ1) is 17.4. The second-order valence-electron chi connectivity index (χ2n) is 6.77. The second kappa shape index (κ2) is 8.10. The van der Waals surface area contributed by atoms with Crippen LogP contribution in [-0.2, 0) is 6.54 Å². The predicted octanol–water partition coefficient (Wildman–Crippen LogP) is 3.40. The molecule has 1 fully saturated rings. The SMILES string of the molecule is Cc1cccc(CNC(=O)c2cc(C)nc(N3CCCCCC3)n2)c1. The number of anilines is 1. The molecule has 25 heavy (non-hydrogen) atoms. The van der Waals surface area contributed by atoms with Gasteiger partial charge in [0.25, 0.3) is 5.91 Å². The number of amides is 1. The summed E-state index contributed by atoms with van der Waals surface area (Å²) in [5, 5.41) is 2.96. The lowest BCUT2D eigenvalue weighted by molar-refractivity contribution is 0.0945. The summed E-state index contributed by atoms with van der Waals surface area (Å²) >= 11 is 0. The number of aromatic nitrogens is 2. The maximum atomic E-state index is 12.5. The van der Waals surface area contributed by atoms with Crippen molar-refractivity contribution < 1.29 is 4.79 Å². The van der Waals surface area contributed by atoms with Crippen molar-refractivity contribution in [2.24, 2.45) is 0 Å². The standard InChI is InChI=1S/C20H26N4O/c1-15-8-7-9-17(12-15)14-21-19(25)18-13-16(2)22-20(23-18)24-10-5-3-4-6-11-24/h7-9,12-13H,3-6,10-11,14H2,1-2H3,(H,21,25). The third-order valence-electron chi connectivity index (χ3n) is 4.50. The van der Waals surface area contributed by atoms with Crippen LogP contribution in [-0.4, -0.2) is 29.0 Å². The molecular formula is C20H26N4O. The van der Waals surface area contributed by atoms with Gasteiger partial charge in [0.1, 0.15) is 5.69 Å². The van der Waals surface area contributed by atoms with E-state index in [1.807, 2.05) is 32.0 Å². The van der Waals surface area contributed by atoms with Crippen molar-refractivity contribution in [3.05, 3.63) is 52.8 Å². The Morgan fingerprint density at radius 2 is 1.84 bits per heavy atom. The fraction of sp³-hybridized carbons (Fsp3) is 0.450. The molecule has 1 amide bonds. The van der Waals surface area contributed by atoms with E-state index in [0.717, 1.165) is 37.2 Å². The smallest absolute Gasteiger partial charge is 0.270 e. The van der Waals surface area contributed by atoms with Crippen molar-refractivity contribution in [3.63, 3.8) is 0 Å². The highest BCUT2D eigenvalue weighted by atomic mass is 16.1. The fourth-order valence-corrected chi connectivity index (χ4v) is 3.18. The molecule has 1 aromatic carbocycles. The van der Waals surface area contributed by atoms with Crippen LogP contribution in [0.4, 0.5) is 5.95 Å². The summed E-state index contributed by atoms with van der Waals surface area (Å²) in [5.74, 6) is 0.533. The first-order valence-corrected chi connectivity index (χ1v) is 9.06. The van der Waals surface area contributed by atoms with Gasteiger partial charge in [0.05, 0.1) is 0 Å². The first-order chi connectivity index (χ1) is 12.1. The lowest BCUT2D eigenvalue weighted by Gasteiger charge is -2.21. The number of nitrogens with zero attached hydrogens (tertiary/aromatic N) is 3. The maximum Gasteiger partial charge on any atom is 0.270 e. The zero-order valence-corrected chi connectivity index (χ0v) is 15.1.